The molecule has 0 aliphatic carbocycles. The van der Waals surface area contributed by atoms with Gasteiger partial charge in [-0.15, -0.1) is 0 Å². The average molecular weight is 194 g/mol. The lowest BCUT2D eigenvalue weighted by molar-refractivity contribution is -0.143. The van der Waals surface area contributed by atoms with E-state index in [2.05, 4.69) is 0 Å². The van der Waals surface area contributed by atoms with Gasteiger partial charge in [0.25, 0.3) is 0 Å². The largest absolute Gasteiger partial charge is 0.466 e. The van der Waals surface area contributed by atoms with Crippen LogP contribution in [0, 0.1) is 22.7 Å². The van der Waals surface area contributed by atoms with Gasteiger partial charge >= 0.3 is 5.97 Å². The van der Waals surface area contributed by atoms with Crippen LogP contribution in [0.3, 0.4) is 0 Å². The zero-order chi connectivity index (χ0) is 10.6. The second kappa shape index (κ2) is 9.54. The number of hydrogen-bond acceptors (Lipinski definition) is 4. The number of unbranched alkanes of at least 4 members (excludes halogenated alkanes) is 3. The molecule has 0 unspecified atom stereocenters. The predicted octanol–water partition coefficient (Wildman–Crippen LogP) is 1.92. The molecule has 0 fully saturated rings. The molecule has 0 aromatic carbocycles. The number of ether oxygens (including phenoxy) is 1. The lowest BCUT2D eigenvalue weighted by Gasteiger charge is -2.01. The fraction of sp³-hybridized carbons (Fsp3) is 0.700. The first-order valence-corrected chi connectivity index (χ1v) is 4.70. The Labute approximate surface area is 84.1 Å². The molecule has 0 radical (unpaired) electrons. The fourth-order valence-electron chi connectivity index (χ4n) is 0.883. The Bertz CT molecular complexity index is 213. The van der Waals surface area contributed by atoms with Crippen molar-refractivity contribution in [1.29, 1.82) is 10.5 Å². The van der Waals surface area contributed by atoms with Gasteiger partial charge in [0.05, 0.1) is 18.7 Å². The summed E-state index contributed by atoms with van der Waals surface area (Å²) in [6.07, 6.45) is 3.31. The van der Waals surface area contributed by atoms with Crippen LogP contribution in [0.4, 0.5) is 0 Å². The van der Waals surface area contributed by atoms with Crippen LogP contribution in [0.2, 0.25) is 0 Å². The Hall–Kier alpha value is -1.55. The van der Waals surface area contributed by atoms with Crippen molar-refractivity contribution in [1.82, 2.24) is 0 Å². The van der Waals surface area contributed by atoms with E-state index in [9.17, 15) is 4.79 Å². The van der Waals surface area contributed by atoms with E-state index in [1.807, 2.05) is 12.1 Å². The molecule has 0 saturated carbocycles. The smallest absolute Gasteiger partial charge is 0.305 e. The van der Waals surface area contributed by atoms with E-state index in [-0.39, 0.29) is 5.97 Å². The molecule has 0 aromatic heterocycles. The Kier molecular flexibility index (Phi) is 8.48. The minimum absolute atomic E-state index is 0.235. The van der Waals surface area contributed by atoms with Gasteiger partial charge < -0.3 is 4.74 Å². The number of carbonyl (C=O) groups excluding carboxylic acids is 1. The average Bonchev–Trinajstić information content (AvgIpc) is 2.19. The van der Waals surface area contributed by atoms with Crippen molar-refractivity contribution < 1.29 is 9.53 Å². The van der Waals surface area contributed by atoms with Crippen molar-refractivity contribution in [2.45, 2.75) is 38.5 Å². The highest BCUT2D eigenvalue weighted by molar-refractivity contribution is 5.69. The molecule has 0 aliphatic heterocycles. The highest BCUT2D eigenvalue weighted by Crippen LogP contribution is 2.01. The summed E-state index contributed by atoms with van der Waals surface area (Å²) in [5.41, 5.74) is 0. The molecular formula is C10H14N2O2. The summed E-state index contributed by atoms with van der Waals surface area (Å²) < 4.78 is 4.85. The molecule has 0 bridgehead atoms. The first kappa shape index (κ1) is 12.4. The van der Waals surface area contributed by atoms with Gasteiger partial charge in [-0.05, 0) is 19.3 Å². The van der Waals surface area contributed by atoms with Crippen molar-refractivity contribution >= 4 is 5.97 Å². The zero-order valence-electron chi connectivity index (χ0n) is 8.16. The molecule has 0 heterocycles. The SMILES string of the molecule is N#CCCCCC(=O)OCCCC#N. The Morgan fingerprint density at radius 3 is 2.36 bits per heavy atom. The van der Waals surface area contributed by atoms with E-state index in [1.165, 1.54) is 0 Å². The third-order valence-corrected chi connectivity index (χ3v) is 1.62. The van der Waals surface area contributed by atoms with Gasteiger partial charge in [-0.25, -0.2) is 0 Å². The number of rotatable bonds is 7. The molecule has 0 atom stereocenters. The molecule has 76 valence electrons. The van der Waals surface area contributed by atoms with Crippen molar-refractivity contribution in [3.63, 3.8) is 0 Å². The summed E-state index contributed by atoms with van der Waals surface area (Å²) in [6.45, 7) is 0.324. The molecular weight excluding hydrogens is 180 g/mol. The molecule has 0 aliphatic rings. The molecule has 0 aromatic rings. The number of carbonyl (C=O) groups is 1. The molecule has 14 heavy (non-hydrogen) atoms. The maximum Gasteiger partial charge on any atom is 0.305 e. The Morgan fingerprint density at radius 1 is 1.07 bits per heavy atom. The maximum absolute atomic E-state index is 11.0. The Balaban J connectivity index is 3.21. The monoisotopic (exact) mass is 194 g/mol. The molecule has 0 N–H and O–H groups in total. The second-order valence-corrected chi connectivity index (χ2v) is 2.85. The van der Waals surface area contributed by atoms with Crippen molar-refractivity contribution in [3.05, 3.63) is 0 Å². The van der Waals surface area contributed by atoms with E-state index in [0.717, 1.165) is 6.42 Å². The van der Waals surface area contributed by atoms with E-state index in [1.54, 1.807) is 0 Å². The number of nitrogens with zero attached hydrogens (tertiary/aromatic N) is 2. The Morgan fingerprint density at radius 2 is 1.71 bits per heavy atom. The number of nitriles is 2. The van der Waals surface area contributed by atoms with Crippen molar-refractivity contribution in [2.75, 3.05) is 6.61 Å². The first-order valence-electron chi connectivity index (χ1n) is 4.70. The third-order valence-electron chi connectivity index (χ3n) is 1.62. The lowest BCUT2D eigenvalue weighted by Crippen LogP contribution is -2.05. The normalized spacial score (nSPS) is 8.71. The number of esters is 1. The third kappa shape index (κ3) is 8.55. The van der Waals surface area contributed by atoms with Crippen LogP contribution in [0.1, 0.15) is 38.5 Å². The molecule has 0 saturated heterocycles. The first-order chi connectivity index (χ1) is 6.81. The van der Waals surface area contributed by atoms with Crippen LogP contribution in [0.5, 0.6) is 0 Å². The van der Waals surface area contributed by atoms with E-state index in [0.29, 0.717) is 38.7 Å². The van der Waals surface area contributed by atoms with E-state index >= 15 is 0 Å². The quantitative estimate of drug-likeness (QED) is 0.458. The molecule has 4 nitrogen and oxygen atoms in total. The maximum atomic E-state index is 11.0. The standard InChI is InChI=1S/C10H14N2O2/c11-7-3-1-2-6-10(13)14-9-5-4-8-12/h1-6,9H2. The zero-order valence-corrected chi connectivity index (χ0v) is 8.16. The van der Waals surface area contributed by atoms with Crippen LogP contribution in [0.25, 0.3) is 0 Å². The minimum atomic E-state index is -0.235. The summed E-state index contributed by atoms with van der Waals surface area (Å²) in [7, 11) is 0. The van der Waals surface area contributed by atoms with Crippen molar-refractivity contribution in [3.8, 4) is 12.1 Å². The van der Waals surface area contributed by atoms with Crippen molar-refractivity contribution in [2.24, 2.45) is 0 Å². The highest BCUT2D eigenvalue weighted by atomic mass is 16.5. The molecule has 0 spiro atoms. The fourth-order valence-corrected chi connectivity index (χ4v) is 0.883. The minimum Gasteiger partial charge on any atom is -0.466 e. The predicted molar refractivity (Wildman–Crippen MR) is 49.9 cm³/mol. The van der Waals surface area contributed by atoms with Crippen LogP contribution >= 0.6 is 0 Å². The van der Waals surface area contributed by atoms with Crippen LogP contribution < -0.4 is 0 Å². The van der Waals surface area contributed by atoms with E-state index < -0.39 is 0 Å². The number of hydrogen-bond donors (Lipinski definition) is 0. The summed E-state index contributed by atoms with van der Waals surface area (Å²) in [4.78, 5) is 11.0. The van der Waals surface area contributed by atoms with Gasteiger partial charge in [0.1, 0.15) is 0 Å². The van der Waals surface area contributed by atoms with Gasteiger partial charge in [0.2, 0.25) is 0 Å². The lowest BCUT2D eigenvalue weighted by atomic mass is 10.2. The van der Waals surface area contributed by atoms with Crippen LogP contribution in [0.15, 0.2) is 0 Å². The van der Waals surface area contributed by atoms with Gasteiger partial charge in [0.15, 0.2) is 0 Å². The summed E-state index contributed by atoms with van der Waals surface area (Å²) in [5, 5.41) is 16.4. The summed E-state index contributed by atoms with van der Waals surface area (Å²) >= 11 is 0. The van der Waals surface area contributed by atoms with Gasteiger partial charge in [-0.3, -0.25) is 4.79 Å². The molecule has 4 heteroatoms. The second-order valence-electron chi connectivity index (χ2n) is 2.85. The van der Waals surface area contributed by atoms with Gasteiger partial charge in [-0.2, -0.15) is 10.5 Å². The summed E-state index contributed by atoms with van der Waals surface area (Å²) in [6, 6.07) is 3.99. The van der Waals surface area contributed by atoms with E-state index in [4.69, 9.17) is 15.3 Å². The van der Waals surface area contributed by atoms with Gasteiger partial charge in [-0.1, -0.05) is 0 Å². The topological polar surface area (TPSA) is 73.9 Å². The van der Waals surface area contributed by atoms with Crippen LogP contribution in [-0.2, 0) is 9.53 Å². The highest BCUT2D eigenvalue weighted by Gasteiger charge is 2.01. The van der Waals surface area contributed by atoms with Gasteiger partial charge in [0, 0.05) is 19.3 Å². The molecule has 0 rings (SSSR count). The molecule has 0 amide bonds. The summed E-state index contributed by atoms with van der Waals surface area (Å²) in [5.74, 6) is -0.235. The van der Waals surface area contributed by atoms with Crippen LogP contribution in [-0.4, -0.2) is 12.6 Å².